The van der Waals surface area contributed by atoms with Crippen molar-refractivity contribution in [3.05, 3.63) is 63.4 Å². The van der Waals surface area contributed by atoms with Crippen LogP contribution in [0.5, 0.6) is 0 Å². The molecule has 0 spiro atoms. The van der Waals surface area contributed by atoms with E-state index in [9.17, 15) is 4.79 Å². The van der Waals surface area contributed by atoms with E-state index in [-0.39, 0.29) is 11.9 Å². The molecule has 1 unspecified atom stereocenters. The summed E-state index contributed by atoms with van der Waals surface area (Å²) in [6.07, 6.45) is 1.56. The molecule has 0 fully saturated rings. The molecule has 2 aromatic rings. The third-order valence-electron chi connectivity index (χ3n) is 2.96. The number of carbonyl (C=O) groups excluding carboxylic acids is 1. The first kappa shape index (κ1) is 14.8. The Balaban J connectivity index is 2.10. The predicted molar refractivity (Wildman–Crippen MR) is 81.3 cm³/mol. The highest BCUT2D eigenvalue weighted by Crippen LogP contribution is 2.25. The number of amides is 1. The third kappa shape index (κ3) is 3.50. The Kier molecular flexibility index (Phi) is 4.63. The van der Waals surface area contributed by atoms with Crippen LogP contribution in [0, 0.1) is 6.92 Å². The standard InChI is InChI=1S/C15H14Cl2N2O/c1-9-3-4-12(8-18-9)15(20)19-10(2)11-5-6-13(16)14(17)7-11/h3-8,10H,1-2H3,(H,19,20). The molecule has 0 radical (unpaired) electrons. The fourth-order valence-electron chi connectivity index (χ4n) is 1.75. The lowest BCUT2D eigenvalue weighted by Crippen LogP contribution is -2.26. The van der Waals surface area contributed by atoms with E-state index in [2.05, 4.69) is 10.3 Å². The van der Waals surface area contributed by atoms with E-state index in [1.54, 1.807) is 30.5 Å². The second-order valence-electron chi connectivity index (χ2n) is 4.56. The molecule has 5 heteroatoms. The van der Waals surface area contributed by atoms with Crippen LogP contribution in [0.25, 0.3) is 0 Å². The van der Waals surface area contributed by atoms with Crippen LogP contribution in [-0.4, -0.2) is 10.9 Å². The van der Waals surface area contributed by atoms with Gasteiger partial charge in [0.1, 0.15) is 0 Å². The maximum atomic E-state index is 12.1. The molecular formula is C15H14Cl2N2O. The van der Waals surface area contributed by atoms with E-state index in [1.807, 2.05) is 19.9 Å². The van der Waals surface area contributed by atoms with Crippen LogP contribution in [0.3, 0.4) is 0 Å². The van der Waals surface area contributed by atoms with Crippen LogP contribution >= 0.6 is 23.2 Å². The van der Waals surface area contributed by atoms with Gasteiger partial charge in [-0.15, -0.1) is 0 Å². The highest BCUT2D eigenvalue weighted by Gasteiger charge is 2.12. The van der Waals surface area contributed by atoms with Gasteiger partial charge >= 0.3 is 0 Å². The Labute approximate surface area is 127 Å². The number of aryl methyl sites for hydroxylation is 1. The lowest BCUT2D eigenvalue weighted by atomic mass is 10.1. The van der Waals surface area contributed by atoms with Gasteiger partial charge in [0.25, 0.3) is 5.91 Å². The van der Waals surface area contributed by atoms with E-state index in [0.29, 0.717) is 15.6 Å². The van der Waals surface area contributed by atoms with Crippen LogP contribution in [0.1, 0.15) is 34.6 Å². The highest BCUT2D eigenvalue weighted by molar-refractivity contribution is 6.42. The van der Waals surface area contributed by atoms with Crippen molar-refractivity contribution in [3.63, 3.8) is 0 Å². The summed E-state index contributed by atoms with van der Waals surface area (Å²) in [7, 11) is 0. The first-order valence-electron chi connectivity index (χ1n) is 6.16. The molecule has 1 N–H and O–H groups in total. The summed E-state index contributed by atoms with van der Waals surface area (Å²) in [4.78, 5) is 16.2. The Hall–Kier alpha value is -1.58. The number of nitrogens with one attached hydrogen (secondary N) is 1. The molecule has 104 valence electrons. The average Bonchev–Trinajstić information content (AvgIpc) is 2.42. The molecule has 1 amide bonds. The zero-order valence-electron chi connectivity index (χ0n) is 11.2. The molecule has 0 saturated heterocycles. The number of halogens is 2. The van der Waals surface area contributed by atoms with Crippen molar-refractivity contribution in [2.24, 2.45) is 0 Å². The zero-order chi connectivity index (χ0) is 14.7. The SMILES string of the molecule is Cc1ccc(C(=O)NC(C)c2ccc(Cl)c(Cl)c2)cn1. The largest absolute Gasteiger partial charge is 0.345 e. The first-order valence-corrected chi connectivity index (χ1v) is 6.91. The molecule has 0 saturated carbocycles. The lowest BCUT2D eigenvalue weighted by molar-refractivity contribution is 0.0939. The molecule has 1 aromatic heterocycles. The number of carbonyl (C=O) groups is 1. The van der Waals surface area contributed by atoms with Gasteiger partial charge in [-0.1, -0.05) is 29.3 Å². The molecular weight excluding hydrogens is 295 g/mol. The van der Waals surface area contributed by atoms with Gasteiger partial charge in [-0.25, -0.2) is 0 Å². The van der Waals surface area contributed by atoms with Crippen molar-refractivity contribution in [1.82, 2.24) is 10.3 Å². The fraction of sp³-hybridized carbons (Fsp3) is 0.200. The van der Waals surface area contributed by atoms with Gasteiger partial charge in [0, 0.05) is 11.9 Å². The fourth-order valence-corrected chi connectivity index (χ4v) is 2.05. The highest BCUT2D eigenvalue weighted by atomic mass is 35.5. The molecule has 1 aromatic carbocycles. The molecule has 2 rings (SSSR count). The number of benzene rings is 1. The van der Waals surface area contributed by atoms with Crippen molar-refractivity contribution in [2.45, 2.75) is 19.9 Å². The van der Waals surface area contributed by atoms with Crippen molar-refractivity contribution in [2.75, 3.05) is 0 Å². The molecule has 20 heavy (non-hydrogen) atoms. The molecule has 3 nitrogen and oxygen atoms in total. The van der Waals surface area contributed by atoms with Gasteiger partial charge < -0.3 is 5.32 Å². The maximum absolute atomic E-state index is 12.1. The van der Waals surface area contributed by atoms with Crippen LogP contribution < -0.4 is 5.32 Å². The smallest absolute Gasteiger partial charge is 0.253 e. The van der Waals surface area contributed by atoms with Gasteiger partial charge in [-0.2, -0.15) is 0 Å². The Morgan fingerprint density at radius 2 is 1.95 bits per heavy atom. The summed E-state index contributed by atoms with van der Waals surface area (Å²) < 4.78 is 0. The lowest BCUT2D eigenvalue weighted by Gasteiger charge is -2.15. The summed E-state index contributed by atoms with van der Waals surface area (Å²) in [5.41, 5.74) is 2.30. The Bertz CT molecular complexity index is 626. The van der Waals surface area contributed by atoms with Crippen LogP contribution in [-0.2, 0) is 0 Å². The Morgan fingerprint density at radius 3 is 2.55 bits per heavy atom. The van der Waals surface area contributed by atoms with Crippen molar-refractivity contribution < 1.29 is 4.79 Å². The van der Waals surface area contributed by atoms with Crippen molar-refractivity contribution in [1.29, 1.82) is 0 Å². The van der Waals surface area contributed by atoms with E-state index in [4.69, 9.17) is 23.2 Å². The van der Waals surface area contributed by atoms with E-state index in [1.165, 1.54) is 0 Å². The second kappa shape index (κ2) is 6.25. The topological polar surface area (TPSA) is 42.0 Å². The van der Waals surface area contributed by atoms with Gasteiger partial charge in [-0.3, -0.25) is 9.78 Å². The minimum atomic E-state index is -0.170. The summed E-state index contributed by atoms with van der Waals surface area (Å²) in [6.45, 7) is 3.76. The number of nitrogens with zero attached hydrogens (tertiary/aromatic N) is 1. The van der Waals surface area contributed by atoms with Crippen LogP contribution in [0.2, 0.25) is 10.0 Å². The van der Waals surface area contributed by atoms with Crippen molar-refractivity contribution >= 4 is 29.1 Å². The average molecular weight is 309 g/mol. The minimum absolute atomic E-state index is 0.168. The van der Waals surface area contributed by atoms with Crippen LogP contribution in [0.4, 0.5) is 0 Å². The summed E-state index contributed by atoms with van der Waals surface area (Å²) >= 11 is 11.8. The summed E-state index contributed by atoms with van der Waals surface area (Å²) in [5, 5.41) is 3.87. The quantitative estimate of drug-likeness (QED) is 0.924. The van der Waals surface area contributed by atoms with E-state index < -0.39 is 0 Å². The minimum Gasteiger partial charge on any atom is -0.345 e. The number of pyridine rings is 1. The maximum Gasteiger partial charge on any atom is 0.253 e. The van der Waals surface area contributed by atoms with Gasteiger partial charge in [0.15, 0.2) is 0 Å². The number of rotatable bonds is 3. The molecule has 1 atom stereocenters. The number of hydrogen-bond acceptors (Lipinski definition) is 2. The zero-order valence-corrected chi connectivity index (χ0v) is 12.7. The molecule has 0 aliphatic rings. The predicted octanol–water partition coefficient (Wildman–Crippen LogP) is 4.19. The van der Waals surface area contributed by atoms with Gasteiger partial charge in [0.05, 0.1) is 21.7 Å². The normalized spacial score (nSPS) is 12.0. The number of aromatic nitrogens is 1. The molecule has 0 aliphatic heterocycles. The van der Waals surface area contributed by atoms with Gasteiger partial charge in [0.2, 0.25) is 0 Å². The van der Waals surface area contributed by atoms with Crippen molar-refractivity contribution in [3.8, 4) is 0 Å². The van der Waals surface area contributed by atoms with E-state index >= 15 is 0 Å². The number of hydrogen-bond donors (Lipinski definition) is 1. The first-order chi connectivity index (χ1) is 9.47. The monoisotopic (exact) mass is 308 g/mol. The summed E-state index contributed by atoms with van der Waals surface area (Å²) in [5.74, 6) is -0.170. The molecule has 1 heterocycles. The molecule has 0 bridgehead atoms. The van der Waals surface area contributed by atoms with Crippen LogP contribution in [0.15, 0.2) is 36.5 Å². The second-order valence-corrected chi connectivity index (χ2v) is 5.37. The van der Waals surface area contributed by atoms with Gasteiger partial charge in [-0.05, 0) is 43.7 Å². The molecule has 0 aliphatic carbocycles. The van der Waals surface area contributed by atoms with E-state index in [0.717, 1.165) is 11.3 Å². The Morgan fingerprint density at radius 1 is 1.20 bits per heavy atom. The third-order valence-corrected chi connectivity index (χ3v) is 3.70. The summed E-state index contributed by atoms with van der Waals surface area (Å²) in [6, 6.07) is 8.70.